The molecule has 6 nitrogen and oxygen atoms in total. The fourth-order valence-electron chi connectivity index (χ4n) is 1.99. The minimum Gasteiger partial charge on any atom is -0.484 e. The van der Waals surface area contributed by atoms with Gasteiger partial charge in [-0.15, -0.1) is 0 Å². The van der Waals surface area contributed by atoms with Crippen LogP contribution >= 0.6 is 22.6 Å². The topological polar surface area (TPSA) is 79.5 Å². The van der Waals surface area contributed by atoms with Crippen LogP contribution in [0, 0.1) is 3.57 Å². The highest BCUT2D eigenvalue weighted by Crippen LogP contribution is 2.17. The van der Waals surface area contributed by atoms with E-state index in [1.54, 1.807) is 24.3 Å². The number of nitrogens with one attached hydrogen (secondary N) is 3. The van der Waals surface area contributed by atoms with E-state index in [-0.39, 0.29) is 18.5 Å². The molecule has 0 radical (unpaired) electrons. The van der Waals surface area contributed by atoms with Crippen LogP contribution in [0.25, 0.3) is 0 Å². The van der Waals surface area contributed by atoms with Crippen LogP contribution in [0.1, 0.15) is 13.3 Å². The van der Waals surface area contributed by atoms with Crippen molar-refractivity contribution >= 4 is 45.9 Å². The summed E-state index contributed by atoms with van der Waals surface area (Å²) < 4.78 is 6.53. The predicted octanol–water partition coefficient (Wildman–Crippen LogP) is 3.84. The minimum absolute atomic E-state index is 0.114. The number of carbonyl (C=O) groups excluding carboxylic acids is 2. The van der Waals surface area contributed by atoms with E-state index in [9.17, 15) is 9.59 Å². The molecule has 0 aliphatic heterocycles. The molecular formula is C18H20IN3O3. The van der Waals surface area contributed by atoms with Gasteiger partial charge in [-0.25, -0.2) is 4.79 Å². The predicted molar refractivity (Wildman–Crippen MR) is 107 cm³/mol. The Morgan fingerprint density at radius 2 is 1.76 bits per heavy atom. The van der Waals surface area contributed by atoms with Crippen molar-refractivity contribution in [1.29, 1.82) is 0 Å². The molecule has 0 aliphatic rings. The number of rotatable bonds is 7. The van der Waals surface area contributed by atoms with Crippen LogP contribution in [0.5, 0.6) is 5.75 Å². The summed E-state index contributed by atoms with van der Waals surface area (Å²) in [5.74, 6) is 0.257. The van der Waals surface area contributed by atoms with Crippen LogP contribution in [-0.2, 0) is 4.79 Å². The molecule has 0 spiro atoms. The van der Waals surface area contributed by atoms with E-state index in [4.69, 9.17) is 4.74 Å². The maximum Gasteiger partial charge on any atom is 0.319 e. The lowest BCUT2D eigenvalue weighted by atomic mass is 10.3. The number of anilines is 2. The lowest BCUT2D eigenvalue weighted by molar-refractivity contribution is -0.118. The number of hydrogen-bond donors (Lipinski definition) is 3. The highest BCUT2D eigenvalue weighted by molar-refractivity contribution is 14.1. The monoisotopic (exact) mass is 453 g/mol. The fourth-order valence-corrected chi connectivity index (χ4v) is 2.53. The molecule has 2 aromatic rings. The van der Waals surface area contributed by atoms with Crippen molar-refractivity contribution in [3.8, 4) is 5.75 Å². The Balaban J connectivity index is 1.85. The third-order valence-electron chi connectivity index (χ3n) is 3.11. The van der Waals surface area contributed by atoms with E-state index in [0.717, 1.165) is 15.7 Å². The summed E-state index contributed by atoms with van der Waals surface area (Å²) >= 11 is 2.18. The SMILES string of the molecule is CCCNC(=O)Nc1cccc(OCC(=O)Nc2cccc(I)c2)c1. The van der Waals surface area contributed by atoms with E-state index in [1.165, 1.54) is 0 Å². The first-order chi connectivity index (χ1) is 12.1. The highest BCUT2D eigenvalue weighted by Gasteiger charge is 2.06. The number of benzene rings is 2. The normalized spacial score (nSPS) is 10.0. The number of ether oxygens (including phenoxy) is 1. The van der Waals surface area contributed by atoms with E-state index in [2.05, 4.69) is 38.5 Å². The van der Waals surface area contributed by atoms with Gasteiger partial charge in [0, 0.05) is 27.6 Å². The third-order valence-corrected chi connectivity index (χ3v) is 3.78. The Kier molecular flexibility index (Phi) is 7.52. The first-order valence-electron chi connectivity index (χ1n) is 7.90. The van der Waals surface area contributed by atoms with E-state index < -0.39 is 0 Å². The Hall–Kier alpha value is -2.29. The second kappa shape index (κ2) is 9.87. The Morgan fingerprint density at radius 3 is 2.48 bits per heavy atom. The smallest absolute Gasteiger partial charge is 0.319 e. The Bertz CT molecular complexity index is 737. The van der Waals surface area contributed by atoms with Crippen LogP contribution in [0.3, 0.4) is 0 Å². The summed E-state index contributed by atoms with van der Waals surface area (Å²) in [6.07, 6.45) is 0.867. The second-order valence-electron chi connectivity index (χ2n) is 5.26. The van der Waals surface area contributed by atoms with Crippen LogP contribution in [0.4, 0.5) is 16.2 Å². The Labute approximate surface area is 160 Å². The molecule has 0 aromatic heterocycles. The summed E-state index contributed by atoms with van der Waals surface area (Å²) in [4.78, 5) is 23.6. The van der Waals surface area contributed by atoms with Crippen molar-refractivity contribution in [3.05, 3.63) is 52.1 Å². The summed E-state index contributed by atoms with van der Waals surface area (Å²) in [6, 6.07) is 14.1. The van der Waals surface area contributed by atoms with Crippen molar-refractivity contribution in [1.82, 2.24) is 5.32 Å². The molecule has 2 rings (SSSR count). The van der Waals surface area contributed by atoms with Crippen molar-refractivity contribution < 1.29 is 14.3 Å². The molecule has 0 saturated heterocycles. The van der Waals surface area contributed by atoms with E-state index >= 15 is 0 Å². The molecule has 2 aromatic carbocycles. The Morgan fingerprint density at radius 1 is 1.04 bits per heavy atom. The zero-order valence-electron chi connectivity index (χ0n) is 13.8. The zero-order chi connectivity index (χ0) is 18.1. The lowest BCUT2D eigenvalue weighted by Crippen LogP contribution is -2.29. The molecule has 0 unspecified atom stereocenters. The largest absolute Gasteiger partial charge is 0.484 e. The van der Waals surface area contributed by atoms with Crippen LogP contribution in [0.2, 0.25) is 0 Å². The fraction of sp³-hybridized carbons (Fsp3) is 0.222. The van der Waals surface area contributed by atoms with Crippen molar-refractivity contribution in [2.45, 2.75) is 13.3 Å². The van der Waals surface area contributed by atoms with E-state index in [1.807, 2.05) is 31.2 Å². The van der Waals surface area contributed by atoms with E-state index in [0.29, 0.717) is 18.0 Å². The van der Waals surface area contributed by atoms with Crippen LogP contribution in [0.15, 0.2) is 48.5 Å². The molecule has 0 bridgehead atoms. The molecule has 0 saturated carbocycles. The first kappa shape index (κ1) is 19.0. The van der Waals surface area contributed by atoms with Gasteiger partial charge >= 0.3 is 6.03 Å². The number of halogens is 1. The van der Waals surface area contributed by atoms with Gasteiger partial charge in [0.15, 0.2) is 6.61 Å². The van der Waals surface area contributed by atoms with Gasteiger partial charge in [0.2, 0.25) is 0 Å². The molecular weight excluding hydrogens is 433 g/mol. The molecule has 132 valence electrons. The molecule has 3 N–H and O–H groups in total. The summed E-state index contributed by atoms with van der Waals surface area (Å²) in [6.45, 7) is 2.48. The number of hydrogen-bond acceptors (Lipinski definition) is 3. The standard InChI is InChI=1S/C18H20IN3O3/c1-2-9-20-18(24)22-15-7-4-8-16(11-15)25-12-17(23)21-14-6-3-5-13(19)10-14/h3-8,10-11H,2,9,12H2,1H3,(H,21,23)(H2,20,22,24). The van der Waals surface area contributed by atoms with Crippen molar-refractivity contribution in [2.75, 3.05) is 23.8 Å². The number of carbonyl (C=O) groups is 2. The van der Waals surface area contributed by atoms with Gasteiger partial charge in [-0.05, 0) is 59.3 Å². The third kappa shape index (κ3) is 7.00. The summed E-state index contributed by atoms with van der Waals surface area (Å²) in [7, 11) is 0. The molecule has 0 heterocycles. The van der Waals surface area contributed by atoms with Gasteiger partial charge < -0.3 is 20.7 Å². The summed E-state index contributed by atoms with van der Waals surface area (Å²) in [5, 5.41) is 8.22. The van der Waals surface area contributed by atoms with Gasteiger partial charge in [0.1, 0.15) is 5.75 Å². The van der Waals surface area contributed by atoms with Crippen molar-refractivity contribution in [3.63, 3.8) is 0 Å². The summed E-state index contributed by atoms with van der Waals surface area (Å²) in [5.41, 5.74) is 1.33. The molecule has 3 amide bonds. The maximum absolute atomic E-state index is 12.0. The lowest BCUT2D eigenvalue weighted by Gasteiger charge is -2.10. The zero-order valence-corrected chi connectivity index (χ0v) is 16.0. The molecule has 25 heavy (non-hydrogen) atoms. The maximum atomic E-state index is 12.0. The van der Waals surface area contributed by atoms with Gasteiger partial charge in [-0.2, -0.15) is 0 Å². The van der Waals surface area contributed by atoms with Crippen LogP contribution < -0.4 is 20.7 Å². The van der Waals surface area contributed by atoms with Crippen LogP contribution in [-0.4, -0.2) is 25.1 Å². The number of amides is 3. The van der Waals surface area contributed by atoms with Gasteiger partial charge in [-0.1, -0.05) is 19.1 Å². The molecule has 0 aliphatic carbocycles. The van der Waals surface area contributed by atoms with Gasteiger partial charge in [-0.3, -0.25) is 4.79 Å². The average Bonchev–Trinajstić information content (AvgIpc) is 2.58. The molecule has 0 fully saturated rings. The highest BCUT2D eigenvalue weighted by atomic mass is 127. The molecule has 7 heteroatoms. The van der Waals surface area contributed by atoms with Crippen molar-refractivity contribution in [2.24, 2.45) is 0 Å². The second-order valence-corrected chi connectivity index (χ2v) is 6.50. The van der Waals surface area contributed by atoms with Gasteiger partial charge in [0.25, 0.3) is 5.91 Å². The quantitative estimate of drug-likeness (QED) is 0.558. The minimum atomic E-state index is -0.268. The first-order valence-corrected chi connectivity index (χ1v) is 8.98. The number of urea groups is 1. The van der Waals surface area contributed by atoms with Gasteiger partial charge in [0.05, 0.1) is 0 Å². The average molecular weight is 453 g/mol. The molecule has 0 atom stereocenters.